The molecule has 8 heteroatoms. The van der Waals surface area contributed by atoms with Crippen molar-refractivity contribution in [3.8, 4) is 5.69 Å². The molecular formula is C18H17F2N5O. The molecule has 0 unspecified atom stereocenters. The van der Waals surface area contributed by atoms with Crippen LogP contribution in [0.15, 0.2) is 43.0 Å². The van der Waals surface area contributed by atoms with Gasteiger partial charge in [-0.05, 0) is 31.0 Å². The minimum atomic E-state index is -0.729. The molecule has 4 rings (SSSR count). The summed E-state index contributed by atoms with van der Waals surface area (Å²) in [6, 6.07) is 4.79. The van der Waals surface area contributed by atoms with Gasteiger partial charge in [-0.15, -0.1) is 0 Å². The van der Waals surface area contributed by atoms with Gasteiger partial charge in [-0.3, -0.25) is 4.79 Å². The summed E-state index contributed by atoms with van der Waals surface area (Å²) in [5.74, 6) is -1.20. The number of amides is 1. The fourth-order valence-corrected chi connectivity index (χ4v) is 3.28. The van der Waals surface area contributed by atoms with E-state index >= 15 is 0 Å². The van der Waals surface area contributed by atoms with E-state index in [0.29, 0.717) is 19.0 Å². The zero-order valence-corrected chi connectivity index (χ0v) is 13.9. The summed E-state index contributed by atoms with van der Waals surface area (Å²) in [6.07, 6.45) is 6.68. The first-order valence-corrected chi connectivity index (χ1v) is 8.40. The SMILES string of the molecule is O=C(c1ccn(-c2ccc(F)cc2F)n1)N1CCC(c2cnc[nH]2)CC1. The molecule has 0 radical (unpaired) electrons. The van der Waals surface area contributed by atoms with Crippen LogP contribution in [-0.2, 0) is 0 Å². The first kappa shape index (κ1) is 16.4. The lowest BCUT2D eigenvalue weighted by atomic mass is 9.94. The van der Waals surface area contributed by atoms with Crippen molar-refractivity contribution in [1.82, 2.24) is 24.6 Å². The number of aromatic nitrogens is 4. The number of H-pyrrole nitrogens is 1. The summed E-state index contributed by atoms with van der Waals surface area (Å²) < 4.78 is 28.2. The molecule has 0 bridgehead atoms. The summed E-state index contributed by atoms with van der Waals surface area (Å²) in [6.45, 7) is 1.25. The zero-order chi connectivity index (χ0) is 18.1. The summed E-state index contributed by atoms with van der Waals surface area (Å²) in [7, 11) is 0. The van der Waals surface area contributed by atoms with Crippen molar-refractivity contribution in [2.24, 2.45) is 0 Å². The van der Waals surface area contributed by atoms with Crippen LogP contribution >= 0.6 is 0 Å². The number of hydrogen-bond acceptors (Lipinski definition) is 3. The summed E-state index contributed by atoms with van der Waals surface area (Å²) in [4.78, 5) is 21.6. The molecule has 1 fully saturated rings. The number of nitrogens with zero attached hydrogens (tertiary/aromatic N) is 4. The van der Waals surface area contributed by atoms with Gasteiger partial charge in [0.1, 0.15) is 11.5 Å². The summed E-state index contributed by atoms with van der Waals surface area (Å²) in [5, 5.41) is 4.16. The molecule has 1 aliphatic rings. The molecule has 6 nitrogen and oxygen atoms in total. The monoisotopic (exact) mass is 357 g/mol. The number of benzene rings is 1. The van der Waals surface area contributed by atoms with E-state index in [4.69, 9.17) is 0 Å². The van der Waals surface area contributed by atoms with Crippen LogP contribution in [0, 0.1) is 11.6 Å². The fraction of sp³-hybridized carbons (Fsp3) is 0.278. The van der Waals surface area contributed by atoms with Crippen LogP contribution in [0.2, 0.25) is 0 Å². The van der Waals surface area contributed by atoms with E-state index in [0.717, 1.165) is 30.7 Å². The van der Waals surface area contributed by atoms with Gasteiger partial charge < -0.3 is 9.88 Å². The molecule has 1 saturated heterocycles. The van der Waals surface area contributed by atoms with E-state index in [1.807, 2.05) is 6.20 Å². The Morgan fingerprint density at radius 3 is 2.69 bits per heavy atom. The number of nitrogens with one attached hydrogen (secondary N) is 1. The van der Waals surface area contributed by atoms with E-state index in [9.17, 15) is 13.6 Å². The minimum Gasteiger partial charge on any atom is -0.348 e. The number of piperidine rings is 1. The van der Waals surface area contributed by atoms with Gasteiger partial charge in [0, 0.05) is 43.2 Å². The molecule has 1 amide bonds. The molecule has 0 spiro atoms. The standard InChI is InChI=1S/C18H17F2N5O/c19-13-1-2-17(14(20)9-13)25-8-5-15(23-25)18(26)24-6-3-12(4-7-24)16-10-21-11-22-16/h1-2,5,8-12H,3-4,6-7H2,(H,21,22). The predicted molar refractivity (Wildman–Crippen MR) is 89.9 cm³/mol. The van der Waals surface area contributed by atoms with E-state index in [1.54, 1.807) is 17.3 Å². The summed E-state index contributed by atoms with van der Waals surface area (Å²) in [5.41, 5.74) is 1.44. The van der Waals surface area contributed by atoms with E-state index in [-0.39, 0.29) is 17.3 Å². The Hall–Kier alpha value is -3.03. The van der Waals surface area contributed by atoms with Crippen LogP contribution in [0.5, 0.6) is 0 Å². The molecule has 0 saturated carbocycles. The quantitative estimate of drug-likeness (QED) is 0.784. The van der Waals surface area contributed by atoms with Crippen LogP contribution in [0.25, 0.3) is 5.69 Å². The molecule has 3 heterocycles. The maximum Gasteiger partial charge on any atom is 0.274 e. The Morgan fingerprint density at radius 2 is 2.00 bits per heavy atom. The third-order valence-corrected chi connectivity index (χ3v) is 4.71. The Bertz CT molecular complexity index is 914. The average Bonchev–Trinajstić information content (AvgIpc) is 3.33. The minimum absolute atomic E-state index is 0.100. The number of likely N-dealkylation sites (tertiary alicyclic amines) is 1. The lowest BCUT2D eigenvalue weighted by Crippen LogP contribution is -2.38. The second kappa shape index (κ2) is 6.70. The number of aromatic amines is 1. The van der Waals surface area contributed by atoms with Gasteiger partial charge in [0.15, 0.2) is 11.5 Å². The van der Waals surface area contributed by atoms with E-state index in [2.05, 4.69) is 15.1 Å². The fourth-order valence-electron chi connectivity index (χ4n) is 3.28. The van der Waals surface area contributed by atoms with Gasteiger partial charge in [-0.2, -0.15) is 5.10 Å². The van der Waals surface area contributed by atoms with Crippen molar-refractivity contribution in [3.63, 3.8) is 0 Å². The van der Waals surface area contributed by atoms with Crippen LogP contribution in [0.4, 0.5) is 8.78 Å². The summed E-state index contributed by atoms with van der Waals surface area (Å²) >= 11 is 0. The molecule has 3 aromatic rings. The molecule has 1 aromatic carbocycles. The Morgan fingerprint density at radius 1 is 1.19 bits per heavy atom. The molecule has 26 heavy (non-hydrogen) atoms. The van der Waals surface area contributed by atoms with Crippen molar-refractivity contribution >= 4 is 5.91 Å². The van der Waals surface area contributed by atoms with Gasteiger partial charge in [-0.25, -0.2) is 18.4 Å². The smallest absolute Gasteiger partial charge is 0.274 e. The molecule has 0 atom stereocenters. The second-order valence-corrected chi connectivity index (χ2v) is 6.31. The van der Waals surface area contributed by atoms with Gasteiger partial charge in [0.25, 0.3) is 5.91 Å². The highest BCUT2D eigenvalue weighted by Crippen LogP contribution is 2.27. The molecule has 1 aliphatic heterocycles. The second-order valence-electron chi connectivity index (χ2n) is 6.31. The van der Waals surface area contributed by atoms with Crippen LogP contribution in [-0.4, -0.2) is 43.6 Å². The predicted octanol–water partition coefficient (Wildman–Crippen LogP) is 2.89. The molecular weight excluding hydrogens is 340 g/mol. The Labute approximate surface area is 148 Å². The number of rotatable bonds is 3. The third-order valence-electron chi connectivity index (χ3n) is 4.71. The Kier molecular flexibility index (Phi) is 4.24. The topological polar surface area (TPSA) is 66.8 Å². The average molecular weight is 357 g/mol. The zero-order valence-electron chi connectivity index (χ0n) is 13.9. The molecule has 1 N–H and O–H groups in total. The lowest BCUT2D eigenvalue weighted by Gasteiger charge is -2.31. The van der Waals surface area contributed by atoms with Crippen molar-refractivity contribution < 1.29 is 13.6 Å². The largest absolute Gasteiger partial charge is 0.348 e. The van der Waals surface area contributed by atoms with Crippen molar-refractivity contribution in [2.45, 2.75) is 18.8 Å². The number of halogens is 2. The van der Waals surface area contributed by atoms with Gasteiger partial charge >= 0.3 is 0 Å². The molecule has 0 aliphatic carbocycles. The third kappa shape index (κ3) is 3.10. The van der Waals surface area contributed by atoms with Crippen LogP contribution in [0.3, 0.4) is 0 Å². The van der Waals surface area contributed by atoms with Crippen molar-refractivity contribution in [3.05, 3.63) is 66.0 Å². The Balaban J connectivity index is 1.45. The van der Waals surface area contributed by atoms with Crippen LogP contribution < -0.4 is 0 Å². The first-order chi connectivity index (χ1) is 12.6. The highest BCUT2D eigenvalue weighted by atomic mass is 19.1. The van der Waals surface area contributed by atoms with Gasteiger partial charge in [-0.1, -0.05) is 0 Å². The van der Waals surface area contributed by atoms with Crippen molar-refractivity contribution in [1.29, 1.82) is 0 Å². The number of hydrogen-bond donors (Lipinski definition) is 1. The van der Waals surface area contributed by atoms with E-state index < -0.39 is 11.6 Å². The van der Waals surface area contributed by atoms with Gasteiger partial charge in [0.2, 0.25) is 0 Å². The van der Waals surface area contributed by atoms with Crippen LogP contribution in [0.1, 0.15) is 34.9 Å². The molecule has 134 valence electrons. The number of carbonyl (C=O) groups is 1. The number of imidazole rings is 1. The lowest BCUT2D eigenvalue weighted by molar-refractivity contribution is 0.0705. The first-order valence-electron chi connectivity index (χ1n) is 8.40. The highest BCUT2D eigenvalue weighted by Gasteiger charge is 2.26. The molecule has 2 aromatic heterocycles. The maximum absolute atomic E-state index is 13.9. The van der Waals surface area contributed by atoms with Gasteiger partial charge in [0.05, 0.1) is 6.33 Å². The van der Waals surface area contributed by atoms with Crippen molar-refractivity contribution in [2.75, 3.05) is 13.1 Å². The normalized spacial score (nSPS) is 15.4. The van der Waals surface area contributed by atoms with E-state index in [1.165, 1.54) is 16.9 Å². The maximum atomic E-state index is 13.9. The highest BCUT2D eigenvalue weighted by molar-refractivity contribution is 5.92. The number of carbonyl (C=O) groups excluding carboxylic acids is 1.